The lowest BCUT2D eigenvalue weighted by molar-refractivity contribution is -0.135. The SMILES string of the molecule is NS(=O)(=O)c1ccc(N(CC(=O)O)c2nnc(-c3ccccc3)c(-c3ccccc3)n2)cc1. The van der Waals surface area contributed by atoms with Crippen molar-refractivity contribution in [3.63, 3.8) is 0 Å². The number of nitrogens with two attached hydrogens (primary N) is 1. The third-order valence-electron chi connectivity index (χ3n) is 4.78. The minimum Gasteiger partial charge on any atom is -0.480 e. The molecule has 3 N–H and O–H groups in total. The third-order valence-corrected chi connectivity index (χ3v) is 5.71. The molecular weight excluding hydrogens is 442 g/mol. The van der Waals surface area contributed by atoms with Gasteiger partial charge in [-0.05, 0) is 24.3 Å². The van der Waals surface area contributed by atoms with Gasteiger partial charge in [-0.1, -0.05) is 60.7 Å². The van der Waals surface area contributed by atoms with Crippen LogP contribution in [0.1, 0.15) is 0 Å². The van der Waals surface area contributed by atoms with Gasteiger partial charge in [-0.2, -0.15) is 0 Å². The molecule has 0 unspecified atom stereocenters. The number of carboxylic acid groups (broad SMARTS) is 1. The van der Waals surface area contributed by atoms with Crippen LogP contribution in [-0.4, -0.2) is 41.2 Å². The summed E-state index contributed by atoms with van der Waals surface area (Å²) in [5.41, 5.74) is 3.05. The van der Waals surface area contributed by atoms with Gasteiger partial charge in [0.05, 0.1) is 4.90 Å². The van der Waals surface area contributed by atoms with Crippen LogP contribution in [0.25, 0.3) is 22.5 Å². The Morgan fingerprint density at radius 3 is 1.88 bits per heavy atom. The Morgan fingerprint density at radius 1 is 0.818 bits per heavy atom. The zero-order chi connectivity index (χ0) is 23.4. The Kier molecular flexibility index (Phi) is 6.11. The first-order valence-electron chi connectivity index (χ1n) is 9.81. The number of carbonyl (C=O) groups is 1. The minimum atomic E-state index is -3.89. The van der Waals surface area contributed by atoms with Crippen LogP contribution >= 0.6 is 0 Å². The lowest BCUT2D eigenvalue weighted by Crippen LogP contribution is -2.27. The lowest BCUT2D eigenvalue weighted by Gasteiger charge is -2.21. The van der Waals surface area contributed by atoms with E-state index >= 15 is 0 Å². The number of primary sulfonamides is 1. The van der Waals surface area contributed by atoms with Crippen molar-refractivity contribution >= 4 is 27.6 Å². The van der Waals surface area contributed by atoms with Crippen LogP contribution in [0, 0.1) is 0 Å². The summed E-state index contributed by atoms with van der Waals surface area (Å²) in [6, 6.07) is 24.3. The summed E-state index contributed by atoms with van der Waals surface area (Å²) >= 11 is 0. The van der Waals surface area contributed by atoms with Crippen LogP contribution in [0.3, 0.4) is 0 Å². The number of benzene rings is 3. The van der Waals surface area contributed by atoms with Crippen molar-refractivity contribution in [1.29, 1.82) is 0 Å². The smallest absolute Gasteiger partial charge is 0.323 e. The van der Waals surface area contributed by atoms with Gasteiger partial charge in [0.15, 0.2) is 0 Å². The number of rotatable bonds is 7. The fraction of sp³-hybridized carbons (Fsp3) is 0.0435. The summed E-state index contributed by atoms with van der Waals surface area (Å²) in [6.07, 6.45) is 0. The third kappa shape index (κ3) is 5.03. The first kappa shape index (κ1) is 22.1. The largest absolute Gasteiger partial charge is 0.480 e. The van der Waals surface area contributed by atoms with E-state index < -0.39 is 22.5 Å². The molecule has 0 saturated carbocycles. The Hall–Kier alpha value is -4.15. The van der Waals surface area contributed by atoms with E-state index in [1.807, 2.05) is 60.7 Å². The summed E-state index contributed by atoms with van der Waals surface area (Å²) in [7, 11) is -3.89. The molecule has 9 nitrogen and oxygen atoms in total. The number of aliphatic carboxylic acids is 1. The Bertz CT molecular complexity index is 1380. The van der Waals surface area contributed by atoms with E-state index in [0.29, 0.717) is 17.1 Å². The molecule has 4 rings (SSSR count). The highest BCUT2D eigenvalue weighted by atomic mass is 32.2. The van der Waals surface area contributed by atoms with Crippen LogP contribution in [-0.2, 0) is 14.8 Å². The van der Waals surface area contributed by atoms with Crippen molar-refractivity contribution < 1.29 is 18.3 Å². The fourth-order valence-electron chi connectivity index (χ4n) is 3.25. The topological polar surface area (TPSA) is 139 Å². The standard InChI is InChI=1S/C23H19N5O4S/c24-33(31,32)19-13-11-18(12-14-19)28(15-20(29)30)23-25-21(16-7-3-1-4-8-16)22(26-27-23)17-9-5-2-6-10-17/h1-14H,15H2,(H,29,30)(H2,24,31,32). The summed E-state index contributed by atoms with van der Waals surface area (Å²) in [5.74, 6) is -1.07. The van der Waals surface area contributed by atoms with Crippen LogP contribution < -0.4 is 10.0 Å². The molecule has 3 aromatic carbocycles. The molecule has 1 heterocycles. The zero-order valence-electron chi connectivity index (χ0n) is 17.2. The van der Waals surface area contributed by atoms with Gasteiger partial charge in [0.25, 0.3) is 5.95 Å². The van der Waals surface area contributed by atoms with Crippen LogP contribution in [0.5, 0.6) is 0 Å². The number of sulfonamides is 1. The molecule has 4 aromatic rings. The number of hydrogen-bond acceptors (Lipinski definition) is 7. The van der Waals surface area contributed by atoms with Crippen LogP contribution in [0.4, 0.5) is 11.6 Å². The van der Waals surface area contributed by atoms with Crippen molar-refractivity contribution in [2.45, 2.75) is 4.90 Å². The first-order chi connectivity index (χ1) is 15.8. The monoisotopic (exact) mass is 461 g/mol. The van der Waals surface area contributed by atoms with Crippen molar-refractivity contribution in [2.24, 2.45) is 5.14 Å². The summed E-state index contributed by atoms with van der Waals surface area (Å²) in [4.78, 5) is 17.5. The second-order valence-electron chi connectivity index (χ2n) is 7.06. The molecule has 0 amide bonds. The molecule has 0 fully saturated rings. The molecule has 0 spiro atoms. The molecule has 0 atom stereocenters. The van der Waals surface area contributed by atoms with Gasteiger partial charge in [0, 0.05) is 16.8 Å². The maximum atomic E-state index is 11.6. The average molecular weight is 462 g/mol. The number of carboxylic acids is 1. The molecule has 0 aliphatic rings. The van der Waals surface area contributed by atoms with Gasteiger partial charge in [-0.3, -0.25) is 9.69 Å². The molecule has 10 heteroatoms. The lowest BCUT2D eigenvalue weighted by atomic mass is 10.0. The highest BCUT2D eigenvalue weighted by Crippen LogP contribution is 2.31. The second kappa shape index (κ2) is 9.15. The molecule has 0 aliphatic carbocycles. The Balaban J connectivity index is 1.85. The molecule has 0 saturated heterocycles. The highest BCUT2D eigenvalue weighted by molar-refractivity contribution is 7.89. The summed E-state index contributed by atoms with van der Waals surface area (Å²) < 4.78 is 23.1. The van der Waals surface area contributed by atoms with Gasteiger partial charge in [0.2, 0.25) is 10.0 Å². The first-order valence-corrected chi connectivity index (χ1v) is 11.4. The van der Waals surface area contributed by atoms with Gasteiger partial charge >= 0.3 is 5.97 Å². The van der Waals surface area contributed by atoms with Gasteiger partial charge in [0.1, 0.15) is 17.9 Å². The molecular formula is C23H19N5O4S. The zero-order valence-corrected chi connectivity index (χ0v) is 18.1. The predicted molar refractivity (Wildman–Crippen MR) is 123 cm³/mol. The van der Waals surface area contributed by atoms with E-state index in [1.54, 1.807) is 0 Å². The van der Waals surface area contributed by atoms with Gasteiger partial charge in [-0.15, -0.1) is 10.2 Å². The maximum Gasteiger partial charge on any atom is 0.323 e. The Labute approximate surface area is 190 Å². The second-order valence-corrected chi connectivity index (χ2v) is 8.62. The molecule has 166 valence electrons. The maximum absolute atomic E-state index is 11.6. The predicted octanol–water partition coefficient (Wildman–Crippen LogP) is 3.08. The van der Waals surface area contributed by atoms with E-state index in [1.165, 1.54) is 29.2 Å². The van der Waals surface area contributed by atoms with Gasteiger partial charge in [-0.25, -0.2) is 18.5 Å². The van der Waals surface area contributed by atoms with Crippen molar-refractivity contribution in [3.8, 4) is 22.5 Å². The quantitative estimate of drug-likeness (QED) is 0.428. The number of anilines is 2. The van der Waals surface area contributed by atoms with Gasteiger partial charge < -0.3 is 5.11 Å². The fourth-order valence-corrected chi connectivity index (χ4v) is 3.76. The number of nitrogens with zero attached hydrogens (tertiary/aromatic N) is 4. The van der Waals surface area contributed by atoms with E-state index in [4.69, 9.17) is 5.14 Å². The van der Waals surface area contributed by atoms with Crippen molar-refractivity contribution in [2.75, 3.05) is 11.4 Å². The highest BCUT2D eigenvalue weighted by Gasteiger charge is 2.21. The molecule has 0 bridgehead atoms. The van der Waals surface area contributed by atoms with Crippen LogP contribution in [0.15, 0.2) is 89.8 Å². The van der Waals surface area contributed by atoms with Crippen molar-refractivity contribution in [1.82, 2.24) is 15.2 Å². The Morgan fingerprint density at radius 2 is 1.36 bits per heavy atom. The minimum absolute atomic E-state index is 0.0549. The molecule has 1 aromatic heterocycles. The van der Waals surface area contributed by atoms with E-state index in [2.05, 4.69) is 15.2 Å². The average Bonchev–Trinajstić information content (AvgIpc) is 2.83. The van der Waals surface area contributed by atoms with Crippen molar-refractivity contribution in [3.05, 3.63) is 84.9 Å². The molecule has 33 heavy (non-hydrogen) atoms. The molecule has 0 radical (unpaired) electrons. The van der Waals surface area contributed by atoms with E-state index in [9.17, 15) is 18.3 Å². The number of hydrogen-bond donors (Lipinski definition) is 2. The number of aromatic nitrogens is 3. The van der Waals surface area contributed by atoms with E-state index in [-0.39, 0.29) is 10.8 Å². The van der Waals surface area contributed by atoms with Crippen LogP contribution in [0.2, 0.25) is 0 Å². The summed E-state index contributed by atoms with van der Waals surface area (Å²) in [6.45, 7) is -0.463. The normalized spacial score (nSPS) is 11.2. The molecule has 0 aliphatic heterocycles. The van der Waals surface area contributed by atoms with E-state index in [0.717, 1.165) is 11.1 Å². The summed E-state index contributed by atoms with van der Waals surface area (Å²) in [5, 5.41) is 23.2.